The highest BCUT2D eigenvalue weighted by Crippen LogP contribution is 2.53. The van der Waals surface area contributed by atoms with Gasteiger partial charge in [0.15, 0.2) is 0 Å². The molecule has 0 unspecified atom stereocenters. The highest BCUT2D eigenvalue weighted by molar-refractivity contribution is 6.33. The van der Waals surface area contributed by atoms with E-state index in [1.807, 2.05) is 6.92 Å². The fourth-order valence-corrected chi connectivity index (χ4v) is 5.38. The van der Waals surface area contributed by atoms with Crippen LogP contribution in [0.4, 0.5) is 0 Å². The van der Waals surface area contributed by atoms with Crippen molar-refractivity contribution in [3.63, 3.8) is 0 Å². The van der Waals surface area contributed by atoms with E-state index < -0.39 is 0 Å². The van der Waals surface area contributed by atoms with Crippen LogP contribution in [0.5, 0.6) is 0 Å². The number of carbonyl (C=O) groups is 1. The van der Waals surface area contributed by atoms with Crippen molar-refractivity contribution in [2.75, 3.05) is 0 Å². The summed E-state index contributed by atoms with van der Waals surface area (Å²) < 4.78 is 0. The molecule has 112 valence electrons. The molecule has 3 nitrogen and oxygen atoms in total. The van der Waals surface area contributed by atoms with E-state index >= 15 is 0 Å². The molecule has 1 aromatic heterocycles. The summed E-state index contributed by atoms with van der Waals surface area (Å²) in [6, 6.07) is 2.11. The number of rotatable bonds is 2. The van der Waals surface area contributed by atoms with Gasteiger partial charge in [0.2, 0.25) is 0 Å². The summed E-state index contributed by atoms with van der Waals surface area (Å²) in [5, 5.41) is 3.78. The SMILES string of the molecule is Cc1cc(Cl)c(C(=O)NC2C3CC4CC(C3)CC2C4)cn1. The number of hydrogen-bond acceptors (Lipinski definition) is 2. The van der Waals surface area contributed by atoms with Crippen molar-refractivity contribution < 1.29 is 4.79 Å². The number of carbonyl (C=O) groups excluding carboxylic acids is 1. The van der Waals surface area contributed by atoms with Gasteiger partial charge in [-0.25, -0.2) is 0 Å². The van der Waals surface area contributed by atoms with E-state index in [4.69, 9.17) is 11.6 Å². The molecule has 5 rings (SSSR count). The van der Waals surface area contributed by atoms with Gasteiger partial charge in [0, 0.05) is 17.9 Å². The standard InChI is InChI=1S/C17H21ClN2O/c1-9-2-15(18)14(8-19-9)17(21)20-16-12-4-10-3-11(6-12)7-13(16)5-10/h2,8,10-13,16H,3-7H2,1H3,(H,20,21). The average molecular weight is 305 g/mol. The largest absolute Gasteiger partial charge is 0.349 e. The van der Waals surface area contributed by atoms with Crippen molar-refractivity contribution in [2.24, 2.45) is 23.7 Å². The van der Waals surface area contributed by atoms with Crippen LogP contribution in [0.3, 0.4) is 0 Å². The molecule has 0 atom stereocenters. The molecule has 4 fully saturated rings. The average Bonchev–Trinajstić information content (AvgIpc) is 2.41. The van der Waals surface area contributed by atoms with Crippen molar-refractivity contribution >= 4 is 17.5 Å². The Morgan fingerprint density at radius 3 is 2.38 bits per heavy atom. The number of nitrogens with one attached hydrogen (secondary N) is 1. The van der Waals surface area contributed by atoms with Gasteiger partial charge in [0.25, 0.3) is 5.91 Å². The third-order valence-electron chi connectivity index (χ3n) is 5.76. The van der Waals surface area contributed by atoms with Crippen molar-refractivity contribution in [3.8, 4) is 0 Å². The highest BCUT2D eigenvalue weighted by Gasteiger charge is 2.48. The Balaban J connectivity index is 1.52. The lowest BCUT2D eigenvalue weighted by Crippen LogP contribution is -2.55. The number of aromatic nitrogens is 1. The summed E-state index contributed by atoms with van der Waals surface area (Å²) in [5.41, 5.74) is 1.35. The van der Waals surface area contributed by atoms with Crippen LogP contribution in [0.2, 0.25) is 5.02 Å². The van der Waals surface area contributed by atoms with Gasteiger partial charge in [-0.05, 0) is 68.8 Å². The summed E-state index contributed by atoms with van der Waals surface area (Å²) in [7, 11) is 0. The van der Waals surface area contributed by atoms with Crippen LogP contribution in [0, 0.1) is 30.6 Å². The van der Waals surface area contributed by atoms with Crippen LogP contribution in [-0.2, 0) is 0 Å². The number of pyridine rings is 1. The summed E-state index contributed by atoms with van der Waals surface area (Å²) in [4.78, 5) is 16.7. The summed E-state index contributed by atoms with van der Waals surface area (Å²) >= 11 is 6.19. The molecule has 1 heterocycles. The molecule has 4 aliphatic carbocycles. The maximum atomic E-state index is 12.5. The van der Waals surface area contributed by atoms with Gasteiger partial charge < -0.3 is 5.32 Å². The third-order valence-corrected chi connectivity index (χ3v) is 6.07. The van der Waals surface area contributed by atoms with Crippen molar-refractivity contribution in [1.82, 2.24) is 10.3 Å². The molecule has 0 spiro atoms. The van der Waals surface area contributed by atoms with E-state index in [1.54, 1.807) is 12.3 Å². The minimum absolute atomic E-state index is 0.0510. The summed E-state index contributed by atoms with van der Waals surface area (Å²) in [6.45, 7) is 1.88. The monoisotopic (exact) mass is 304 g/mol. The Morgan fingerprint density at radius 2 is 1.81 bits per heavy atom. The molecule has 0 aromatic carbocycles. The molecule has 4 bridgehead atoms. The quantitative estimate of drug-likeness (QED) is 0.907. The van der Waals surface area contributed by atoms with Gasteiger partial charge in [-0.3, -0.25) is 9.78 Å². The summed E-state index contributed by atoms with van der Waals surface area (Å²) in [5.74, 6) is 3.16. The number of halogens is 1. The van der Waals surface area contributed by atoms with Gasteiger partial charge in [0.1, 0.15) is 0 Å². The van der Waals surface area contributed by atoms with E-state index in [2.05, 4.69) is 10.3 Å². The molecule has 0 radical (unpaired) electrons. The van der Waals surface area contributed by atoms with Gasteiger partial charge >= 0.3 is 0 Å². The second kappa shape index (κ2) is 4.98. The maximum absolute atomic E-state index is 12.5. The predicted octanol–water partition coefficient (Wildman–Crippen LogP) is 3.60. The normalized spacial score (nSPS) is 36.8. The number of nitrogens with zero attached hydrogens (tertiary/aromatic N) is 1. The minimum atomic E-state index is -0.0510. The van der Waals surface area contributed by atoms with Crippen molar-refractivity contribution in [2.45, 2.75) is 45.1 Å². The first kappa shape index (κ1) is 13.6. The van der Waals surface area contributed by atoms with Crippen LogP contribution in [0.1, 0.15) is 48.2 Å². The molecule has 0 saturated heterocycles. The number of aryl methyl sites for hydroxylation is 1. The zero-order valence-corrected chi connectivity index (χ0v) is 13.1. The summed E-state index contributed by atoms with van der Waals surface area (Å²) in [6.07, 6.45) is 8.25. The molecular formula is C17H21ClN2O. The molecular weight excluding hydrogens is 284 g/mol. The Morgan fingerprint density at radius 1 is 1.19 bits per heavy atom. The topological polar surface area (TPSA) is 42.0 Å². The molecule has 0 aliphatic heterocycles. The highest BCUT2D eigenvalue weighted by atomic mass is 35.5. The van der Waals surface area contributed by atoms with E-state index in [1.165, 1.54) is 32.1 Å². The van der Waals surface area contributed by atoms with Gasteiger partial charge in [-0.2, -0.15) is 0 Å². The van der Waals surface area contributed by atoms with Crippen molar-refractivity contribution in [3.05, 3.63) is 28.5 Å². The fraction of sp³-hybridized carbons (Fsp3) is 0.647. The molecule has 4 heteroatoms. The van der Waals surface area contributed by atoms with Gasteiger partial charge in [-0.15, -0.1) is 0 Å². The van der Waals surface area contributed by atoms with Crippen LogP contribution in [0.15, 0.2) is 12.3 Å². The molecule has 1 amide bonds. The van der Waals surface area contributed by atoms with Crippen LogP contribution in [-0.4, -0.2) is 16.9 Å². The Labute approximate surface area is 130 Å². The first-order valence-electron chi connectivity index (χ1n) is 8.03. The zero-order valence-electron chi connectivity index (χ0n) is 12.3. The number of amides is 1. The Kier molecular flexibility index (Phi) is 3.21. The van der Waals surface area contributed by atoms with E-state index in [0.717, 1.165) is 17.5 Å². The number of hydrogen-bond donors (Lipinski definition) is 1. The predicted molar refractivity (Wildman–Crippen MR) is 82.3 cm³/mol. The molecule has 1 aromatic rings. The van der Waals surface area contributed by atoms with E-state index in [0.29, 0.717) is 28.5 Å². The van der Waals surface area contributed by atoms with Gasteiger partial charge in [-0.1, -0.05) is 11.6 Å². The van der Waals surface area contributed by atoms with Crippen molar-refractivity contribution in [1.29, 1.82) is 0 Å². The second-order valence-corrected chi connectivity index (χ2v) is 7.64. The van der Waals surface area contributed by atoms with Gasteiger partial charge in [0.05, 0.1) is 10.6 Å². The fourth-order valence-electron chi connectivity index (χ4n) is 5.08. The third kappa shape index (κ3) is 2.36. The van der Waals surface area contributed by atoms with Crippen LogP contribution >= 0.6 is 11.6 Å². The Hall–Kier alpha value is -1.09. The molecule has 4 saturated carbocycles. The molecule has 21 heavy (non-hydrogen) atoms. The lowest BCUT2D eigenvalue weighted by Gasteiger charge is -2.54. The first-order valence-corrected chi connectivity index (χ1v) is 8.41. The van der Waals surface area contributed by atoms with E-state index in [9.17, 15) is 4.79 Å². The lowest BCUT2D eigenvalue weighted by atomic mass is 9.54. The Bertz CT molecular complexity index is 558. The van der Waals surface area contributed by atoms with Crippen LogP contribution < -0.4 is 5.32 Å². The first-order chi connectivity index (χ1) is 10.1. The zero-order chi connectivity index (χ0) is 14.6. The smallest absolute Gasteiger partial charge is 0.254 e. The molecule has 1 N–H and O–H groups in total. The van der Waals surface area contributed by atoms with E-state index in [-0.39, 0.29) is 5.91 Å². The van der Waals surface area contributed by atoms with Crippen LogP contribution in [0.25, 0.3) is 0 Å². The molecule has 4 aliphatic rings. The maximum Gasteiger partial charge on any atom is 0.254 e. The minimum Gasteiger partial charge on any atom is -0.349 e. The second-order valence-electron chi connectivity index (χ2n) is 7.24. The lowest BCUT2D eigenvalue weighted by molar-refractivity contribution is -0.0119.